The largest absolute Gasteiger partial charge is 0.326 e. The molecule has 4 heteroatoms. The van der Waals surface area contributed by atoms with Crippen molar-refractivity contribution in [2.45, 2.75) is 38.5 Å². The van der Waals surface area contributed by atoms with E-state index in [-0.39, 0.29) is 17.6 Å². The molecule has 1 saturated carbocycles. The summed E-state index contributed by atoms with van der Waals surface area (Å²) in [6.45, 7) is 2.03. The first kappa shape index (κ1) is 18.6. The summed E-state index contributed by atoms with van der Waals surface area (Å²) in [5.74, 6) is 0.623. The highest BCUT2D eigenvalue weighted by atomic mass is 19.1. The van der Waals surface area contributed by atoms with Crippen LogP contribution < -0.4 is 5.32 Å². The normalized spacial score (nSPS) is 20.6. The van der Waals surface area contributed by atoms with Crippen LogP contribution in [0.4, 0.5) is 10.1 Å². The third-order valence-electron chi connectivity index (χ3n) is 6.11. The van der Waals surface area contributed by atoms with E-state index < -0.39 is 0 Å². The maximum absolute atomic E-state index is 13.7. The second kappa shape index (κ2) is 8.09. The van der Waals surface area contributed by atoms with Crippen LogP contribution in [-0.2, 0) is 4.79 Å². The number of amides is 1. The van der Waals surface area contributed by atoms with Crippen molar-refractivity contribution in [1.29, 1.82) is 0 Å². The number of halogens is 1. The second-order valence-electron chi connectivity index (χ2n) is 7.82. The first-order valence-electron chi connectivity index (χ1n) is 10.0. The zero-order valence-corrected chi connectivity index (χ0v) is 16.1. The summed E-state index contributed by atoms with van der Waals surface area (Å²) < 4.78 is 13.7. The lowest BCUT2D eigenvalue weighted by Crippen LogP contribution is -2.29. The van der Waals surface area contributed by atoms with Crippen molar-refractivity contribution in [2.75, 3.05) is 5.32 Å². The zero-order valence-electron chi connectivity index (χ0n) is 16.1. The second-order valence-corrected chi connectivity index (χ2v) is 7.82. The Morgan fingerprint density at radius 3 is 2.57 bits per heavy atom. The number of nitrogens with zero attached hydrogens (tertiary/aromatic N) is 1. The van der Waals surface area contributed by atoms with Crippen molar-refractivity contribution in [2.24, 2.45) is 11.8 Å². The molecule has 1 atom stereocenters. The lowest BCUT2D eigenvalue weighted by atomic mass is 9.73. The summed E-state index contributed by atoms with van der Waals surface area (Å²) in [7, 11) is 0. The molecule has 0 bridgehead atoms. The summed E-state index contributed by atoms with van der Waals surface area (Å²) in [5, 5.41) is 3.94. The SMILES string of the molecule is C[C@@H](C(=O)Nc1ccccc1)C1CCC(c2ccnc3ccc(F)cc23)CC1. The number of aromatic nitrogens is 1. The van der Waals surface area contributed by atoms with Gasteiger partial charge in [0.15, 0.2) is 0 Å². The maximum atomic E-state index is 13.7. The van der Waals surface area contributed by atoms with Crippen LogP contribution in [0, 0.1) is 17.7 Å². The molecule has 1 fully saturated rings. The number of rotatable bonds is 4. The molecular formula is C24H25FN2O. The van der Waals surface area contributed by atoms with Gasteiger partial charge in [0.25, 0.3) is 0 Å². The van der Waals surface area contributed by atoms with E-state index in [1.807, 2.05) is 49.5 Å². The van der Waals surface area contributed by atoms with Gasteiger partial charge in [-0.15, -0.1) is 0 Å². The minimum absolute atomic E-state index is 0.0206. The van der Waals surface area contributed by atoms with E-state index in [4.69, 9.17) is 0 Å². The van der Waals surface area contributed by atoms with Crippen molar-refractivity contribution in [3.63, 3.8) is 0 Å². The molecule has 2 aromatic carbocycles. The van der Waals surface area contributed by atoms with Gasteiger partial charge in [0, 0.05) is 23.2 Å². The maximum Gasteiger partial charge on any atom is 0.227 e. The topological polar surface area (TPSA) is 42.0 Å². The van der Waals surface area contributed by atoms with E-state index in [1.165, 1.54) is 11.6 Å². The first-order valence-corrected chi connectivity index (χ1v) is 10.0. The van der Waals surface area contributed by atoms with Gasteiger partial charge in [0.05, 0.1) is 5.52 Å². The summed E-state index contributed by atoms with van der Waals surface area (Å²) in [4.78, 5) is 17.0. The van der Waals surface area contributed by atoms with Gasteiger partial charge in [-0.3, -0.25) is 9.78 Å². The van der Waals surface area contributed by atoms with E-state index in [1.54, 1.807) is 12.1 Å². The van der Waals surface area contributed by atoms with Gasteiger partial charge in [0.2, 0.25) is 5.91 Å². The molecular weight excluding hydrogens is 351 g/mol. The van der Waals surface area contributed by atoms with Crippen LogP contribution in [0.2, 0.25) is 0 Å². The molecule has 144 valence electrons. The predicted molar refractivity (Wildman–Crippen MR) is 111 cm³/mol. The molecule has 1 aliphatic rings. The third-order valence-corrected chi connectivity index (χ3v) is 6.11. The Labute approximate surface area is 165 Å². The number of carbonyl (C=O) groups excluding carboxylic acids is 1. The van der Waals surface area contributed by atoms with E-state index in [2.05, 4.69) is 10.3 Å². The van der Waals surface area contributed by atoms with Gasteiger partial charge in [-0.05, 0) is 79.5 Å². The molecule has 0 spiro atoms. The van der Waals surface area contributed by atoms with Crippen molar-refractivity contribution < 1.29 is 9.18 Å². The minimum atomic E-state index is -0.221. The van der Waals surface area contributed by atoms with E-state index in [0.717, 1.165) is 42.3 Å². The molecule has 1 aliphatic carbocycles. The Balaban J connectivity index is 1.42. The Hall–Kier alpha value is -2.75. The lowest BCUT2D eigenvalue weighted by molar-refractivity contribution is -0.121. The number of para-hydroxylation sites is 1. The zero-order chi connectivity index (χ0) is 19.5. The number of fused-ring (bicyclic) bond motifs is 1. The Bertz CT molecular complexity index is 965. The molecule has 1 amide bonds. The highest BCUT2D eigenvalue weighted by Gasteiger charge is 2.30. The van der Waals surface area contributed by atoms with E-state index in [9.17, 15) is 9.18 Å². The predicted octanol–water partition coefficient (Wildman–Crippen LogP) is 5.92. The van der Waals surface area contributed by atoms with Crippen LogP contribution in [0.25, 0.3) is 10.9 Å². The molecule has 0 saturated heterocycles. The number of hydrogen-bond acceptors (Lipinski definition) is 2. The van der Waals surface area contributed by atoms with Crippen LogP contribution >= 0.6 is 0 Å². The summed E-state index contributed by atoms with van der Waals surface area (Å²) in [5.41, 5.74) is 2.87. The molecule has 3 nitrogen and oxygen atoms in total. The quantitative estimate of drug-likeness (QED) is 0.614. The average Bonchev–Trinajstić information content (AvgIpc) is 2.73. The van der Waals surface area contributed by atoms with Gasteiger partial charge < -0.3 is 5.32 Å². The lowest BCUT2D eigenvalue weighted by Gasteiger charge is -2.32. The van der Waals surface area contributed by atoms with Crippen LogP contribution in [-0.4, -0.2) is 10.9 Å². The number of benzene rings is 2. The molecule has 3 aromatic rings. The minimum Gasteiger partial charge on any atom is -0.326 e. The molecule has 28 heavy (non-hydrogen) atoms. The highest BCUT2D eigenvalue weighted by Crippen LogP contribution is 2.40. The third kappa shape index (κ3) is 3.91. The van der Waals surface area contributed by atoms with Crippen molar-refractivity contribution in [1.82, 2.24) is 4.98 Å². The fraction of sp³-hybridized carbons (Fsp3) is 0.333. The van der Waals surface area contributed by atoms with Crippen LogP contribution in [0.15, 0.2) is 60.8 Å². The van der Waals surface area contributed by atoms with Crippen molar-refractivity contribution in [3.05, 3.63) is 72.2 Å². The smallest absolute Gasteiger partial charge is 0.227 e. The molecule has 1 heterocycles. The fourth-order valence-corrected chi connectivity index (χ4v) is 4.42. The Kier molecular flexibility index (Phi) is 5.38. The van der Waals surface area contributed by atoms with E-state index >= 15 is 0 Å². The van der Waals surface area contributed by atoms with Crippen LogP contribution in [0.5, 0.6) is 0 Å². The number of carbonyl (C=O) groups is 1. The highest BCUT2D eigenvalue weighted by molar-refractivity contribution is 5.92. The van der Waals surface area contributed by atoms with Gasteiger partial charge in [0.1, 0.15) is 5.82 Å². The molecule has 0 unspecified atom stereocenters. The Morgan fingerprint density at radius 2 is 1.82 bits per heavy atom. The van der Waals surface area contributed by atoms with Gasteiger partial charge in [-0.25, -0.2) is 4.39 Å². The summed E-state index contributed by atoms with van der Waals surface area (Å²) in [6.07, 6.45) is 5.87. The van der Waals surface area contributed by atoms with Gasteiger partial charge >= 0.3 is 0 Å². The molecule has 1 aromatic heterocycles. The molecule has 1 N–H and O–H groups in total. The summed E-state index contributed by atoms with van der Waals surface area (Å²) in [6, 6.07) is 16.4. The number of hydrogen-bond donors (Lipinski definition) is 1. The van der Waals surface area contributed by atoms with Crippen molar-refractivity contribution in [3.8, 4) is 0 Å². The van der Waals surface area contributed by atoms with Gasteiger partial charge in [-0.1, -0.05) is 25.1 Å². The first-order chi connectivity index (χ1) is 13.6. The standard InChI is InChI=1S/C24H25FN2O/c1-16(24(28)27-20-5-3-2-4-6-20)17-7-9-18(10-8-17)21-13-14-26-23-12-11-19(25)15-22(21)23/h2-6,11-18H,7-10H2,1H3,(H,27,28)/t16-,17?,18?/m1/s1. The molecule has 0 aliphatic heterocycles. The van der Waals surface area contributed by atoms with Crippen LogP contribution in [0.1, 0.15) is 44.1 Å². The Morgan fingerprint density at radius 1 is 1.07 bits per heavy atom. The van der Waals surface area contributed by atoms with Crippen LogP contribution in [0.3, 0.4) is 0 Å². The number of nitrogens with one attached hydrogen (secondary N) is 1. The molecule has 4 rings (SSSR count). The monoisotopic (exact) mass is 376 g/mol. The number of pyridine rings is 1. The van der Waals surface area contributed by atoms with Crippen molar-refractivity contribution >= 4 is 22.5 Å². The van der Waals surface area contributed by atoms with E-state index in [0.29, 0.717) is 11.8 Å². The fourth-order valence-electron chi connectivity index (χ4n) is 4.42. The molecule has 0 radical (unpaired) electrons. The van der Waals surface area contributed by atoms with Gasteiger partial charge in [-0.2, -0.15) is 0 Å². The number of anilines is 1. The summed E-state index contributed by atoms with van der Waals surface area (Å²) >= 11 is 0. The average molecular weight is 376 g/mol.